The van der Waals surface area contributed by atoms with Crippen LogP contribution in [0.15, 0.2) is 5.38 Å². The molecule has 1 saturated heterocycles. The monoisotopic (exact) mass is 210 g/mol. The van der Waals surface area contributed by atoms with Gasteiger partial charge in [-0.2, -0.15) is 0 Å². The summed E-state index contributed by atoms with van der Waals surface area (Å²) in [6.07, 6.45) is 6.25. The molecular formula is C11H18N2S. The Labute approximate surface area is 89.8 Å². The summed E-state index contributed by atoms with van der Waals surface area (Å²) in [6.45, 7) is 3.39. The van der Waals surface area contributed by atoms with E-state index in [1.54, 1.807) is 0 Å². The third kappa shape index (κ3) is 2.34. The van der Waals surface area contributed by atoms with Crippen molar-refractivity contribution in [1.82, 2.24) is 10.3 Å². The first-order valence-electron chi connectivity index (χ1n) is 5.58. The number of nitrogens with zero attached hydrogens (tertiary/aromatic N) is 1. The highest BCUT2D eigenvalue weighted by Gasteiger charge is 2.18. The molecule has 2 rings (SSSR count). The fourth-order valence-corrected chi connectivity index (χ4v) is 2.76. The molecule has 0 saturated carbocycles. The van der Waals surface area contributed by atoms with Gasteiger partial charge in [0.05, 0.1) is 16.7 Å². The number of unbranched alkanes of at least 4 members (excludes halogenated alkanes) is 1. The Morgan fingerprint density at radius 2 is 2.57 bits per heavy atom. The minimum absolute atomic E-state index is 0.543. The number of aryl methyl sites for hydroxylation is 1. The normalized spacial score (nSPS) is 21.6. The fourth-order valence-electron chi connectivity index (χ4n) is 1.86. The van der Waals surface area contributed by atoms with Crippen molar-refractivity contribution in [3.05, 3.63) is 16.1 Å². The molecule has 0 spiro atoms. The van der Waals surface area contributed by atoms with Crippen LogP contribution < -0.4 is 5.32 Å². The molecule has 1 aliphatic heterocycles. The van der Waals surface area contributed by atoms with Gasteiger partial charge in [-0.05, 0) is 32.2 Å². The van der Waals surface area contributed by atoms with Crippen molar-refractivity contribution in [2.24, 2.45) is 0 Å². The van der Waals surface area contributed by atoms with Gasteiger partial charge in [0, 0.05) is 5.38 Å². The van der Waals surface area contributed by atoms with E-state index < -0.39 is 0 Å². The molecule has 0 bridgehead atoms. The van der Waals surface area contributed by atoms with Crippen LogP contribution in [0, 0.1) is 0 Å². The molecule has 1 fully saturated rings. The summed E-state index contributed by atoms with van der Waals surface area (Å²) < 4.78 is 0. The van der Waals surface area contributed by atoms with Crippen molar-refractivity contribution in [1.29, 1.82) is 0 Å². The average Bonchev–Trinajstić information content (AvgIpc) is 2.85. The summed E-state index contributed by atoms with van der Waals surface area (Å²) in [5, 5.41) is 7.03. The summed E-state index contributed by atoms with van der Waals surface area (Å²) in [5.74, 6) is 0. The van der Waals surface area contributed by atoms with Crippen LogP contribution in [-0.2, 0) is 6.42 Å². The molecule has 2 nitrogen and oxygen atoms in total. The van der Waals surface area contributed by atoms with Gasteiger partial charge in [0.1, 0.15) is 0 Å². The summed E-state index contributed by atoms with van der Waals surface area (Å²) >= 11 is 1.83. The standard InChI is InChI=1S/C11H18N2S/c1-2-3-6-11-13-10(8-14-11)9-5-4-7-12-9/h8-9,12H,2-7H2,1H3/t9-/m0/s1. The summed E-state index contributed by atoms with van der Waals surface area (Å²) in [4.78, 5) is 4.69. The third-order valence-electron chi connectivity index (χ3n) is 2.73. The van der Waals surface area contributed by atoms with Crippen LogP contribution in [0.1, 0.15) is 49.4 Å². The summed E-state index contributed by atoms with van der Waals surface area (Å²) in [6, 6.07) is 0.543. The van der Waals surface area contributed by atoms with E-state index in [2.05, 4.69) is 22.6 Å². The van der Waals surface area contributed by atoms with E-state index >= 15 is 0 Å². The maximum atomic E-state index is 4.69. The van der Waals surface area contributed by atoms with Crippen molar-refractivity contribution in [2.75, 3.05) is 6.54 Å². The van der Waals surface area contributed by atoms with E-state index in [9.17, 15) is 0 Å². The zero-order valence-corrected chi connectivity index (χ0v) is 9.57. The van der Waals surface area contributed by atoms with Crippen LogP contribution in [0.3, 0.4) is 0 Å². The smallest absolute Gasteiger partial charge is 0.0928 e. The van der Waals surface area contributed by atoms with Crippen LogP contribution in [0.2, 0.25) is 0 Å². The van der Waals surface area contributed by atoms with Crippen LogP contribution in [-0.4, -0.2) is 11.5 Å². The molecule has 1 aliphatic rings. The largest absolute Gasteiger partial charge is 0.309 e. The average molecular weight is 210 g/mol. The molecule has 0 radical (unpaired) electrons. The van der Waals surface area contributed by atoms with Crippen molar-refractivity contribution in [3.8, 4) is 0 Å². The Morgan fingerprint density at radius 3 is 3.29 bits per heavy atom. The second-order valence-corrected chi connectivity index (χ2v) is 4.86. The first-order valence-corrected chi connectivity index (χ1v) is 6.46. The zero-order chi connectivity index (χ0) is 9.80. The maximum absolute atomic E-state index is 4.69. The maximum Gasteiger partial charge on any atom is 0.0928 e. The van der Waals surface area contributed by atoms with Crippen LogP contribution in [0.25, 0.3) is 0 Å². The van der Waals surface area contributed by atoms with Crippen molar-refractivity contribution >= 4 is 11.3 Å². The Bertz CT molecular complexity index is 277. The molecule has 78 valence electrons. The first kappa shape index (κ1) is 10.1. The number of rotatable bonds is 4. The lowest BCUT2D eigenvalue weighted by Crippen LogP contribution is -2.13. The minimum atomic E-state index is 0.543. The van der Waals surface area contributed by atoms with Gasteiger partial charge in [-0.25, -0.2) is 4.98 Å². The predicted octanol–water partition coefficient (Wildman–Crippen LogP) is 2.91. The van der Waals surface area contributed by atoms with E-state index in [0.29, 0.717) is 6.04 Å². The van der Waals surface area contributed by atoms with Gasteiger partial charge in [0.15, 0.2) is 0 Å². The van der Waals surface area contributed by atoms with Gasteiger partial charge in [-0.3, -0.25) is 0 Å². The summed E-state index contributed by atoms with van der Waals surface area (Å²) in [7, 11) is 0. The van der Waals surface area contributed by atoms with Gasteiger partial charge >= 0.3 is 0 Å². The Hall–Kier alpha value is -0.410. The lowest BCUT2D eigenvalue weighted by Gasteiger charge is -2.04. The Kier molecular flexibility index (Phi) is 3.54. The molecule has 3 heteroatoms. The van der Waals surface area contributed by atoms with Gasteiger partial charge in [0.2, 0.25) is 0 Å². The van der Waals surface area contributed by atoms with E-state index in [4.69, 9.17) is 0 Å². The highest BCUT2D eigenvalue weighted by Crippen LogP contribution is 2.24. The van der Waals surface area contributed by atoms with E-state index in [1.807, 2.05) is 11.3 Å². The van der Waals surface area contributed by atoms with E-state index in [1.165, 1.54) is 36.4 Å². The van der Waals surface area contributed by atoms with Crippen LogP contribution in [0.5, 0.6) is 0 Å². The van der Waals surface area contributed by atoms with E-state index in [-0.39, 0.29) is 0 Å². The van der Waals surface area contributed by atoms with Crippen molar-refractivity contribution in [3.63, 3.8) is 0 Å². The number of hydrogen-bond donors (Lipinski definition) is 1. The second-order valence-electron chi connectivity index (χ2n) is 3.92. The summed E-state index contributed by atoms with van der Waals surface area (Å²) in [5.41, 5.74) is 1.28. The fraction of sp³-hybridized carbons (Fsp3) is 0.727. The molecule has 0 aromatic carbocycles. The van der Waals surface area contributed by atoms with Crippen molar-refractivity contribution in [2.45, 2.75) is 45.1 Å². The first-order chi connectivity index (χ1) is 6.90. The van der Waals surface area contributed by atoms with Crippen LogP contribution in [0.4, 0.5) is 0 Å². The SMILES string of the molecule is CCCCc1nc([C@@H]2CCCN2)cs1. The number of nitrogens with one attached hydrogen (secondary N) is 1. The van der Waals surface area contributed by atoms with E-state index in [0.717, 1.165) is 13.0 Å². The molecule has 14 heavy (non-hydrogen) atoms. The topological polar surface area (TPSA) is 24.9 Å². The van der Waals surface area contributed by atoms with Gasteiger partial charge in [0.25, 0.3) is 0 Å². The number of thiazole rings is 1. The lowest BCUT2D eigenvalue weighted by atomic mass is 10.2. The predicted molar refractivity (Wildman–Crippen MR) is 60.7 cm³/mol. The molecule has 0 unspecified atom stereocenters. The highest BCUT2D eigenvalue weighted by molar-refractivity contribution is 7.09. The molecule has 1 N–H and O–H groups in total. The lowest BCUT2D eigenvalue weighted by molar-refractivity contribution is 0.628. The minimum Gasteiger partial charge on any atom is -0.309 e. The molecule has 0 amide bonds. The van der Waals surface area contributed by atoms with Crippen LogP contribution >= 0.6 is 11.3 Å². The van der Waals surface area contributed by atoms with Gasteiger partial charge < -0.3 is 5.32 Å². The molecule has 1 atom stereocenters. The molecule has 0 aliphatic carbocycles. The quantitative estimate of drug-likeness (QED) is 0.826. The molecule has 2 heterocycles. The molecular weight excluding hydrogens is 192 g/mol. The van der Waals surface area contributed by atoms with Crippen molar-refractivity contribution < 1.29 is 0 Å². The number of hydrogen-bond acceptors (Lipinski definition) is 3. The Morgan fingerprint density at radius 1 is 1.64 bits per heavy atom. The second kappa shape index (κ2) is 4.89. The molecule has 1 aromatic heterocycles. The third-order valence-corrected chi connectivity index (χ3v) is 3.66. The van der Waals surface area contributed by atoms with Gasteiger partial charge in [-0.15, -0.1) is 11.3 Å². The molecule has 1 aromatic rings. The highest BCUT2D eigenvalue weighted by atomic mass is 32.1. The zero-order valence-electron chi connectivity index (χ0n) is 8.75. The Balaban J connectivity index is 1.94. The number of aromatic nitrogens is 1. The van der Waals surface area contributed by atoms with Gasteiger partial charge in [-0.1, -0.05) is 13.3 Å².